The highest BCUT2D eigenvalue weighted by molar-refractivity contribution is 6.61. The van der Waals surface area contributed by atoms with Gasteiger partial charge in [-0.25, -0.2) is 19.2 Å². The van der Waals surface area contributed by atoms with Gasteiger partial charge >= 0.3 is 41.7 Å². The summed E-state index contributed by atoms with van der Waals surface area (Å²) in [6, 6.07) is 16.1. The van der Waals surface area contributed by atoms with Crippen LogP contribution in [0.2, 0.25) is 0 Å². The number of hydrogen-bond donors (Lipinski definition) is 0. The number of ether oxygens (including phenoxy) is 9. The first-order valence-corrected chi connectivity index (χ1v) is 30.8. The van der Waals surface area contributed by atoms with E-state index in [1.165, 1.54) is 30.9 Å². The van der Waals surface area contributed by atoms with Crippen molar-refractivity contribution in [1.82, 2.24) is 4.90 Å². The number of fused-ring (bicyclic) bond motifs is 4. The van der Waals surface area contributed by atoms with Gasteiger partial charge < -0.3 is 51.5 Å². The summed E-state index contributed by atoms with van der Waals surface area (Å²) in [5.74, 6) is -2.25. The molecule has 92 heavy (non-hydrogen) atoms. The minimum atomic E-state index is -0.967. The van der Waals surface area contributed by atoms with Crippen molar-refractivity contribution < 1.29 is 104 Å². The SMILES string of the molecule is CC(=O)c1cc2c(OC(=O)OCCCCCCC(=O)OC(C)(C)C)c3ccccc3c(OC(=O)OCCCCCCC(=O)OC(C)(C)C)c2o1.CC(=O)c1cc2c(o1)C(=O)c1ccccc1C2=O.CC(C)(C)OC(=O)CN(CCCCOC(=O)Cl)C(=O)OC(C)(C)C. The van der Waals surface area contributed by atoms with Gasteiger partial charge in [-0.3, -0.25) is 38.5 Å². The van der Waals surface area contributed by atoms with Crippen LogP contribution in [-0.4, -0.2) is 125 Å². The average molecular weight is 1300 g/mol. The lowest BCUT2D eigenvalue weighted by atomic mass is 9.88. The Kier molecular flexibility index (Phi) is 28.6. The normalized spacial score (nSPS) is 11.9. The summed E-state index contributed by atoms with van der Waals surface area (Å²) < 4.78 is 58.7. The summed E-state index contributed by atoms with van der Waals surface area (Å²) in [5, 5.41) is 1.04. The molecule has 0 spiro atoms. The van der Waals surface area contributed by atoms with Crippen LogP contribution in [0, 0.1) is 0 Å². The quantitative estimate of drug-likeness (QED) is 0.0128. The Bertz CT molecular complexity index is 3270. The topological polar surface area (TPSA) is 300 Å². The molecule has 1 aliphatic rings. The molecule has 0 unspecified atom stereocenters. The Labute approximate surface area is 540 Å². The van der Waals surface area contributed by atoms with E-state index in [4.69, 9.17) is 58.3 Å². The molecular weight excluding hydrogens is 1220 g/mol. The smallest absolute Gasteiger partial charge is 0.460 e. The Morgan fingerprint density at radius 2 is 0.880 bits per heavy atom. The number of benzene rings is 3. The largest absolute Gasteiger partial charge is 0.513 e. The number of ketones is 4. The Hall–Kier alpha value is -8.60. The average Bonchev–Trinajstić information content (AvgIpc) is 1.50. The lowest BCUT2D eigenvalue weighted by Gasteiger charge is -2.28. The number of carbonyl (C=O) groups is 11. The van der Waals surface area contributed by atoms with Crippen LogP contribution < -0.4 is 9.47 Å². The summed E-state index contributed by atoms with van der Waals surface area (Å²) in [4.78, 5) is 133. The molecule has 3 aromatic carbocycles. The van der Waals surface area contributed by atoms with Crippen molar-refractivity contribution in [3.8, 4) is 11.5 Å². The number of esters is 3. The minimum Gasteiger partial charge on any atom is -0.460 e. The molecule has 1 amide bonds. The zero-order valence-electron chi connectivity index (χ0n) is 55.1. The predicted octanol–water partition coefficient (Wildman–Crippen LogP) is 15.4. The number of furan rings is 2. The summed E-state index contributed by atoms with van der Waals surface area (Å²) in [7, 11) is 0. The van der Waals surface area contributed by atoms with E-state index in [2.05, 4.69) is 4.74 Å². The van der Waals surface area contributed by atoms with Crippen molar-refractivity contribution >= 4 is 98.2 Å². The standard InChI is InChI=1S/C38H50O12.C16H28ClNO6.C14H8O4/c1-25(39)29-24-28-32(47-35(42)44-22-16-10-8-12-20-30(40)49-37(2,3)4)26-18-14-15-19-27(26)33(34(28)46-29)48-36(43)45-23-17-11-9-13-21-31(41)50-38(5,6)7;1-15(2,3)23-12(19)11-18(14(21)24-16(4,5)6)9-7-8-10-22-13(17)20;1-7(15)11-6-10-12(16)8-4-2-3-5-9(8)13(17)14(10)18-11/h14-15,18-19,24H,8-13,16-17,20-23H2,1-7H3;7-11H2,1-6H3;2-6H,1H3. The number of hydrogen-bond acceptors (Lipinski definition) is 22. The number of amides is 1. The lowest BCUT2D eigenvalue weighted by molar-refractivity contribution is -0.156. The molecular formula is C68H86ClNO22. The Morgan fingerprint density at radius 1 is 0.457 bits per heavy atom. The second-order valence-electron chi connectivity index (χ2n) is 25.4. The molecule has 2 aromatic heterocycles. The monoisotopic (exact) mass is 1300 g/mol. The molecule has 6 rings (SSSR count). The van der Waals surface area contributed by atoms with E-state index in [-0.39, 0.29) is 113 Å². The number of unbranched alkanes of at least 4 members (excludes halogenated alkanes) is 7. The fourth-order valence-corrected chi connectivity index (χ4v) is 8.80. The molecule has 502 valence electrons. The number of nitrogens with zero attached hydrogens (tertiary/aromatic N) is 1. The van der Waals surface area contributed by atoms with Gasteiger partial charge in [-0.2, -0.15) is 0 Å². The zero-order chi connectivity index (χ0) is 68.7. The summed E-state index contributed by atoms with van der Waals surface area (Å²) >= 11 is 5.07. The maximum Gasteiger partial charge on any atom is 0.513 e. The first-order chi connectivity index (χ1) is 42.9. The van der Waals surface area contributed by atoms with Gasteiger partial charge in [-0.05, 0) is 134 Å². The number of Topliss-reactive ketones (excluding diaryl/α,β-unsaturated/α-hetero) is 2. The van der Waals surface area contributed by atoms with Crippen molar-refractivity contribution in [3.63, 3.8) is 0 Å². The highest BCUT2D eigenvalue weighted by Crippen LogP contribution is 2.45. The van der Waals surface area contributed by atoms with Gasteiger partial charge in [0, 0.05) is 66.7 Å². The molecule has 23 nitrogen and oxygen atoms in total. The van der Waals surface area contributed by atoms with E-state index in [0.29, 0.717) is 73.3 Å². The van der Waals surface area contributed by atoms with Crippen LogP contribution in [0.3, 0.4) is 0 Å². The third kappa shape index (κ3) is 26.3. The second-order valence-corrected chi connectivity index (χ2v) is 25.7. The van der Waals surface area contributed by atoms with Gasteiger partial charge in [0.1, 0.15) is 28.9 Å². The van der Waals surface area contributed by atoms with Gasteiger partial charge in [-0.15, -0.1) is 0 Å². The molecule has 0 atom stereocenters. The van der Waals surface area contributed by atoms with E-state index in [9.17, 15) is 52.7 Å². The third-order valence-corrected chi connectivity index (χ3v) is 12.6. The van der Waals surface area contributed by atoms with E-state index in [1.54, 1.807) is 90.1 Å². The van der Waals surface area contributed by atoms with E-state index < -0.39 is 52.2 Å². The van der Waals surface area contributed by atoms with Gasteiger partial charge in [0.25, 0.3) is 0 Å². The molecule has 0 radical (unpaired) electrons. The van der Waals surface area contributed by atoms with Crippen molar-refractivity contribution in [2.75, 3.05) is 32.9 Å². The van der Waals surface area contributed by atoms with Crippen LogP contribution in [-0.2, 0) is 47.5 Å². The number of halogens is 1. The first-order valence-electron chi connectivity index (χ1n) is 30.4. The van der Waals surface area contributed by atoms with Crippen LogP contribution in [0.15, 0.2) is 69.5 Å². The minimum absolute atomic E-state index is 0.0116. The van der Waals surface area contributed by atoms with Crippen LogP contribution in [0.4, 0.5) is 19.2 Å². The molecule has 24 heteroatoms. The molecule has 5 aromatic rings. The fourth-order valence-electron chi connectivity index (χ4n) is 8.73. The van der Waals surface area contributed by atoms with Gasteiger partial charge in [0.05, 0.1) is 30.8 Å². The lowest BCUT2D eigenvalue weighted by Crippen LogP contribution is -2.42. The van der Waals surface area contributed by atoms with Crippen LogP contribution in [0.5, 0.6) is 11.5 Å². The number of carbonyl (C=O) groups excluding carboxylic acids is 11. The van der Waals surface area contributed by atoms with Crippen LogP contribution >= 0.6 is 11.6 Å². The van der Waals surface area contributed by atoms with Gasteiger partial charge in [-0.1, -0.05) is 74.2 Å². The molecule has 0 saturated heterocycles. The van der Waals surface area contributed by atoms with Crippen molar-refractivity contribution in [2.45, 2.75) is 196 Å². The van der Waals surface area contributed by atoms with E-state index >= 15 is 0 Å². The van der Waals surface area contributed by atoms with Crippen molar-refractivity contribution in [2.24, 2.45) is 0 Å². The molecule has 1 aliphatic carbocycles. The molecule has 0 N–H and O–H groups in total. The maximum absolute atomic E-state index is 12.8. The second kappa shape index (κ2) is 34.7. The first kappa shape index (κ1) is 75.9. The number of rotatable bonds is 25. The van der Waals surface area contributed by atoms with E-state index in [0.717, 1.165) is 25.7 Å². The maximum atomic E-state index is 12.8. The fraction of sp³-hybridized carbons (Fsp3) is 0.515. The highest BCUT2D eigenvalue weighted by Gasteiger charge is 2.34. The molecule has 0 bridgehead atoms. The predicted molar refractivity (Wildman–Crippen MR) is 338 cm³/mol. The Balaban J connectivity index is 0.000000351. The van der Waals surface area contributed by atoms with Crippen LogP contribution in [0.25, 0.3) is 21.7 Å². The van der Waals surface area contributed by atoms with E-state index in [1.807, 2.05) is 41.5 Å². The summed E-state index contributed by atoms with van der Waals surface area (Å²) in [6.45, 7) is 24.5. The van der Waals surface area contributed by atoms with Gasteiger partial charge in [0.2, 0.25) is 5.78 Å². The molecule has 2 heterocycles. The van der Waals surface area contributed by atoms with Crippen LogP contribution in [0.1, 0.15) is 227 Å². The molecule has 0 saturated carbocycles. The summed E-state index contributed by atoms with van der Waals surface area (Å²) in [5.41, 5.74) is -2.33. The Morgan fingerprint density at radius 3 is 1.37 bits per heavy atom. The zero-order valence-corrected chi connectivity index (χ0v) is 55.9. The van der Waals surface area contributed by atoms with Crippen molar-refractivity contribution in [1.29, 1.82) is 0 Å². The molecule has 0 fully saturated rings. The van der Waals surface area contributed by atoms with Crippen molar-refractivity contribution in [3.05, 3.63) is 94.6 Å². The van der Waals surface area contributed by atoms with Gasteiger partial charge in [0.15, 0.2) is 51.7 Å². The molecule has 0 aliphatic heterocycles. The highest BCUT2D eigenvalue weighted by atomic mass is 35.5. The third-order valence-electron chi connectivity index (χ3n) is 12.5. The summed E-state index contributed by atoms with van der Waals surface area (Å²) in [6.07, 6.45) is 4.65.